The Morgan fingerprint density at radius 1 is 1.04 bits per heavy atom. The lowest BCUT2D eigenvalue weighted by Crippen LogP contribution is -2.23. The Morgan fingerprint density at radius 3 is 2.38 bits per heavy atom. The van der Waals surface area contributed by atoms with E-state index in [0.29, 0.717) is 13.0 Å². The van der Waals surface area contributed by atoms with Crippen molar-refractivity contribution in [3.05, 3.63) is 77.6 Å². The van der Waals surface area contributed by atoms with Gasteiger partial charge in [0.25, 0.3) is 0 Å². The number of nitrogens with zero attached hydrogens (tertiary/aromatic N) is 2. The molecule has 3 rings (SSSR count). The molecule has 0 spiro atoms. The molecular weight excluding hydrogens is 342 g/mol. The van der Waals surface area contributed by atoms with Crippen LogP contribution in [0, 0.1) is 13.8 Å². The minimum Gasteiger partial charge on any atom is -0.352 e. The van der Waals surface area contributed by atoms with Crippen molar-refractivity contribution in [2.24, 2.45) is 0 Å². The fourth-order valence-corrected chi connectivity index (χ4v) is 3.68. The summed E-state index contributed by atoms with van der Waals surface area (Å²) >= 11 is 1.70. The maximum atomic E-state index is 12.2. The summed E-state index contributed by atoms with van der Waals surface area (Å²) < 4.78 is 1.93. The summed E-state index contributed by atoms with van der Waals surface area (Å²) in [7, 11) is 0. The number of thioether (sulfide) groups is 1. The number of nitrogens with one attached hydrogen (secondary N) is 1. The molecule has 134 valence electrons. The highest BCUT2D eigenvalue weighted by atomic mass is 32.2. The Bertz CT molecular complexity index is 860. The van der Waals surface area contributed by atoms with Crippen LogP contribution in [0.3, 0.4) is 0 Å². The van der Waals surface area contributed by atoms with Crippen LogP contribution in [0.15, 0.2) is 65.6 Å². The van der Waals surface area contributed by atoms with Gasteiger partial charge >= 0.3 is 0 Å². The lowest BCUT2D eigenvalue weighted by molar-refractivity contribution is -0.120. The van der Waals surface area contributed by atoms with Crippen LogP contribution in [0.4, 0.5) is 0 Å². The first-order valence-electron chi connectivity index (χ1n) is 8.70. The number of rotatable bonds is 7. The molecule has 0 unspecified atom stereocenters. The summed E-state index contributed by atoms with van der Waals surface area (Å²) in [5.74, 6) is 0.844. The van der Waals surface area contributed by atoms with Gasteiger partial charge in [-0.1, -0.05) is 36.4 Å². The predicted octanol–water partition coefficient (Wildman–Crippen LogP) is 4.29. The molecule has 0 aliphatic carbocycles. The SMILES string of the molecule is Cc1nn(-c2ccccc2)c(C)c1CNC(=O)CCSc1ccccc1. The molecule has 26 heavy (non-hydrogen) atoms. The fraction of sp³-hybridized carbons (Fsp3) is 0.238. The van der Waals surface area contributed by atoms with Crippen molar-refractivity contribution in [3.8, 4) is 5.69 Å². The predicted molar refractivity (Wildman–Crippen MR) is 107 cm³/mol. The van der Waals surface area contributed by atoms with E-state index in [1.807, 2.05) is 67.1 Å². The molecule has 1 aromatic heterocycles. The van der Waals surface area contributed by atoms with E-state index in [-0.39, 0.29) is 5.91 Å². The molecule has 0 atom stereocenters. The van der Waals surface area contributed by atoms with E-state index in [2.05, 4.69) is 22.5 Å². The average Bonchev–Trinajstić information content (AvgIpc) is 2.95. The third kappa shape index (κ3) is 4.55. The normalized spacial score (nSPS) is 10.7. The zero-order chi connectivity index (χ0) is 18.4. The fourth-order valence-electron chi connectivity index (χ4n) is 2.81. The number of hydrogen-bond acceptors (Lipinski definition) is 3. The van der Waals surface area contributed by atoms with Gasteiger partial charge in [0.1, 0.15) is 0 Å². The molecule has 0 saturated carbocycles. The first kappa shape index (κ1) is 18.3. The summed E-state index contributed by atoms with van der Waals surface area (Å²) in [4.78, 5) is 13.3. The summed E-state index contributed by atoms with van der Waals surface area (Å²) in [6.45, 7) is 4.54. The first-order chi connectivity index (χ1) is 12.6. The highest BCUT2D eigenvalue weighted by Crippen LogP contribution is 2.19. The molecule has 1 heterocycles. The van der Waals surface area contributed by atoms with Gasteiger partial charge in [-0.2, -0.15) is 5.10 Å². The third-order valence-electron chi connectivity index (χ3n) is 4.25. The van der Waals surface area contributed by atoms with Crippen LogP contribution in [0.1, 0.15) is 23.4 Å². The van der Waals surface area contributed by atoms with Gasteiger partial charge in [0, 0.05) is 34.9 Å². The van der Waals surface area contributed by atoms with E-state index in [0.717, 1.165) is 28.4 Å². The van der Waals surface area contributed by atoms with E-state index in [4.69, 9.17) is 0 Å². The van der Waals surface area contributed by atoms with E-state index in [1.54, 1.807) is 11.8 Å². The molecule has 4 nitrogen and oxygen atoms in total. The number of para-hydroxylation sites is 1. The number of hydrogen-bond donors (Lipinski definition) is 1. The molecular formula is C21H23N3OS. The molecule has 3 aromatic rings. The number of carbonyl (C=O) groups excluding carboxylic acids is 1. The number of aryl methyl sites for hydroxylation is 1. The number of amides is 1. The lowest BCUT2D eigenvalue weighted by atomic mass is 10.2. The van der Waals surface area contributed by atoms with E-state index < -0.39 is 0 Å². The van der Waals surface area contributed by atoms with Crippen LogP contribution in [0.5, 0.6) is 0 Å². The number of aromatic nitrogens is 2. The third-order valence-corrected chi connectivity index (χ3v) is 5.26. The summed E-state index contributed by atoms with van der Waals surface area (Å²) in [5.41, 5.74) is 4.13. The van der Waals surface area contributed by atoms with Crippen LogP contribution in [-0.2, 0) is 11.3 Å². The lowest BCUT2D eigenvalue weighted by Gasteiger charge is -2.07. The second kappa shape index (κ2) is 8.72. The zero-order valence-corrected chi connectivity index (χ0v) is 15.9. The topological polar surface area (TPSA) is 46.9 Å². The van der Waals surface area contributed by atoms with E-state index in [9.17, 15) is 4.79 Å². The second-order valence-corrected chi connectivity index (χ2v) is 7.25. The maximum Gasteiger partial charge on any atom is 0.221 e. The van der Waals surface area contributed by atoms with Gasteiger partial charge in [0.15, 0.2) is 0 Å². The van der Waals surface area contributed by atoms with Crippen molar-refractivity contribution in [2.45, 2.75) is 31.7 Å². The molecule has 0 saturated heterocycles. The van der Waals surface area contributed by atoms with Gasteiger partial charge in [-0.3, -0.25) is 4.79 Å². The summed E-state index contributed by atoms with van der Waals surface area (Å²) in [6, 6.07) is 20.2. The highest BCUT2D eigenvalue weighted by molar-refractivity contribution is 7.99. The minimum atomic E-state index is 0.0692. The molecule has 5 heteroatoms. The van der Waals surface area contributed by atoms with Crippen LogP contribution < -0.4 is 5.32 Å². The highest BCUT2D eigenvalue weighted by Gasteiger charge is 2.13. The number of benzene rings is 2. The zero-order valence-electron chi connectivity index (χ0n) is 15.1. The van der Waals surface area contributed by atoms with Crippen molar-refractivity contribution in [3.63, 3.8) is 0 Å². The van der Waals surface area contributed by atoms with Gasteiger partial charge in [-0.25, -0.2) is 4.68 Å². The Labute approximate surface area is 158 Å². The Balaban J connectivity index is 1.54. The van der Waals surface area contributed by atoms with Gasteiger partial charge < -0.3 is 5.32 Å². The number of carbonyl (C=O) groups is 1. The van der Waals surface area contributed by atoms with E-state index in [1.165, 1.54) is 4.90 Å². The Kier molecular flexibility index (Phi) is 6.12. The second-order valence-electron chi connectivity index (χ2n) is 6.08. The molecule has 0 aliphatic heterocycles. The van der Waals surface area contributed by atoms with Crippen molar-refractivity contribution in [1.82, 2.24) is 15.1 Å². The van der Waals surface area contributed by atoms with Crippen LogP contribution in [0.25, 0.3) is 5.69 Å². The quantitative estimate of drug-likeness (QED) is 0.636. The van der Waals surface area contributed by atoms with Crippen molar-refractivity contribution < 1.29 is 4.79 Å². The molecule has 1 amide bonds. The van der Waals surface area contributed by atoms with E-state index >= 15 is 0 Å². The van der Waals surface area contributed by atoms with Crippen LogP contribution in [-0.4, -0.2) is 21.4 Å². The average molecular weight is 366 g/mol. The largest absolute Gasteiger partial charge is 0.352 e. The standard InChI is InChI=1S/C21H23N3OS/c1-16-20(17(2)24(23-16)18-9-5-3-6-10-18)15-22-21(25)13-14-26-19-11-7-4-8-12-19/h3-12H,13-15H2,1-2H3,(H,22,25). The molecule has 0 aliphatic rings. The summed E-state index contributed by atoms with van der Waals surface area (Å²) in [6.07, 6.45) is 0.504. The van der Waals surface area contributed by atoms with Crippen molar-refractivity contribution in [2.75, 3.05) is 5.75 Å². The van der Waals surface area contributed by atoms with Gasteiger partial charge in [0.2, 0.25) is 5.91 Å². The maximum absolute atomic E-state index is 12.2. The molecule has 0 fully saturated rings. The monoisotopic (exact) mass is 365 g/mol. The van der Waals surface area contributed by atoms with Crippen LogP contribution in [0.2, 0.25) is 0 Å². The van der Waals surface area contributed by atoms with Crippen molar-refractivity contribution in [1.29, 1.82) is 0 Å². The Morgan fingerprint density at radius 2 is 1.69 bits per heavy atom. The molecule has 2 aromatic carbocycles. The molecule has 0 bridgehead atoms. The smallest absolute Gasteiger partial charge is 0.221 e. The minimum absolute atomic E-state index is 0.0692. The molecule has 0 radical (unpaired) electrons. The summed E-state index contributed by atoms with van der Waals surface area (Å²) in [5, 5.41) is 7.65. The van der Waals surface area contributed by atoms with Gasteiger partial charge in [0.05, 0.1) is 11.4 Å². The van der Waals surface area contributed by atoms with Gasteiger partial charge in [-0.05, 0) is 38.1 Å². The Hall–Kier alpha value is -2.53. The van der Waals surface area contributed by atoms with Crippen LogP contribution >= 0.6 is 11.8 Å². The first-order valence-corrected chi connectivity index (χ1v) is 9.69. The molecule has 1 N–H and O–H groups in total. The van der Waals surface area contributed by atoms with Gasteiger partial charge in [-0.15, -0.1) is 11.8 Å². The van der Waals surface area contributed by atoms with Crippen molar-refractivity contribution >= 4 is 17.7 Å².